The van der Waals surface area contributed by atoms with Gasteiger partial charge in [0.25, 0.3) is 5.91 Å². The highest BCUT2D eigenvalue weighted by Crippen LogP contribution is 2.32. The first-order chi connectivity index (χ1) is 15.2. The fraction of sp³-hybridized carbons (Fsp3) is 0.240. The van der Waals surface area contributed by atoms with E-state index in [1.165, 1.54) is 0 Å². The Hall–Kier alpha value is -3.51. The number of aromatic nitrogens is 1. The van der Waals surface area contributed by atoms with Crippen LogP contribution in [-0.4, -0.2) is 59.3 Å². The Kier molecular flexibility index (Phi) is 6.38. The van der Waals surface area contributed by atoms with Crippen molar-refractivity contribution in [2.45, 2.75) is 12.1 Å². The van der Waals surface area contributed by atoms with Gasteiger partial charge in [0, 0.05) is 39.1 Å². The van der Waals surface area contributed by atoms with Crippen LogP contribution in [0.4, 0.5) is 0 Å². The molecule has 1 atom stereocenters. The highest BCUT2D eigenvalue weighted by molar-refractivity contribution is 5.94. The Bertz CT molecular complexity index is 972. The number of nitrogens with one attached hydrogen (secondary N) is 1. The van der Waals surface area contributed by atoms with Gasteiger partial charge in [-0.25, -0.2) is 0 Å². The molecule has 2 amide bonds. The van der Waals surface area contributed by atoms with Crippen LogP contribution in [0.25, 0.3) is 0 Å². The second-order valence-electron chi connectivity index (χ2n) is 7.58. The summed E-state index contributed by atoms with van der Waals surface area (Å²) >= 11 is 0. The molecule has 0 saturated carbocycles. The number of piperazine rings is 1. The average Bonchev–Trinajstić information content (AvgIpc) is 2.85. The van der Waals surface area contributed by atoms with Crippen molar-refractivity contribution in [3.8, 4) is 0 Å². The smallest absolute Gasteiger partial charge is 0.255 e. The van der Waals surface area contributed by atoms with Crippen molar-refractivity contribution in [2.24, 2.45) is 0 Å². The van der Waals surface area contributed by atoms with Crippen molar-refractivity contribution < 1.29 is 9.59 Å². The lowest BCUT2D eigenvalue weighted by Crippen LogP contribution is -2.60. The van der Waals surface area contributed by atoms with Crippen LogP contribution < -0.4 is 5.32 Å². The summed E-state index contributed by atoms with van der Waals surface area (Å²) in [5.74, 6) is -0.196. The molecule has 0 bridgehead atoms. The Morgan fingerprint density at radius 2 is 1.58 bits per heavy atom. The predicted molar refractivity (Wildman–Crippen MR) is 119 cm³/mol. The standard InChI is InChI=1S/C25H26N4O2/c1-26-24(30)22-18-28(25(31)21-13-8-14-27-17-21)15-16-29(22)23(19-9-4-2-5-10-19)20-11-6-3-7-12-20/h2-14,17,22-23H,15-16,18H2,1H3,(H,26,30). The number of rotatable bonds is 5. The molecule has 2 heterocycles. The van der Waals surface area contributed by atoms with Crippen molar-refractivity contribution in [3.05, 3.63) is 102 Å². The number of nitrogens with zero attached hydrogens (tertiary/aromatic N) is 3. The molecule has 6 heteroatoms. The first-order valence-electron chi connectivity index (χ1n) is 10.5. The van der Waals surface area contributed by atoms with Gasteiger partial charge in [-0.3, -0.25) is 19.5 Å². The van der Waals surface area contributed by atoms with Crippen molar-refractivity contribution in [1.29, 1.82) is 0 Å². The predicted octanol–water partition coefficient (Wildman–Crippen LogP) is 2.74. The minimum atomic E-state index is -0.468. The summed E-state index contributed by atoms with van der Waals surface area (Å²) in [5, 5.41) is 2.79. The molecule has 1 fully saturated rings. The maximum absolute atomic E-state index is 13.0. The largest absolute Gasteiger partial charge is 0.358 e. The van der Waals surface area contributed by atoms with Gasteiger partial charge in [0.2, 0.25) is 5.91 Å². The van der Waals surface area contributed by atoms with Crippen molar-refractivity contribution in [1.82, 2.24) is 20.1 Å². The summed E-state index contributed by atoms with van der Waals surface area (Å²) in [6.45, 7) is 1.44. The first kappa shape index (κ1) is 20.8. The van der Waals surface area contributed by atoms with Crippen LogP contribution in [-0.2, 0) is 4.79 Å². The van der Waals surface area contributed by atoms with Crippen LogP contribution in [0.3, 0.4) is 0 Å². The van der Waals surface area contributed by atoms with E-state index in [1.54, 1.807) is 36.5 Å². The van der Waals surface area contributed by atoms with Gasteiger partial charge < -0.3 is 10.2 Å². The molecule has 4 rings (SSSR count). The quantitative estimate of drug-likeness (QED) is 0.697. The van der Waals surface area contributed by atoms with Crippen molar-refractivity contribution in [3.63, 3.8) is 0 Å². The molecule has 2 aromatic carbocycles. The Morgan fingerprint density at radius 3 is 2.13 bits per heavy atom. The van der Waals surface area contributed by atoms with Gasteiger partial charge in [0.05, 0.1) is 11.6 Å². The molecule has 1 saturated heterocycles. The minimum absolute atomic E-state index is 0.0830. The molecule has 1 aromatic heterocycles. The molecule has 31 heavy (non-hydrogen) atoms. The van der Waals surface area contributed by atoms with Crippen LogP contribution >= 0.6 is 0 Å². The molecule has 1 unspecified atom stereocenters. The maximum atomic E-state index is 13.0. The molecule has 3 aromatic rings. The van der Waals surface area contributed by atoms with Gasteiger partial charge in [-0.15, -0.1) is 0 Å². The van der Waals surface area contributed by atoms with Gasteiger partial charge in [-0.1, -0.05) is 60.7 Å². The van der Waals surface area contributed by atoms with E-state index in [0.29, 0.717) is 25.2 Å². The highest BCUT2D eigenvalue weighted by atomic mass is 16.2. The number of hydrogen-bond donors (Lipinski definition) is 1. The molecule has 1 N–H and O–H groups in total. The third-order valence-corrected chi connectivity index (χ3v) is 5.73. The van der Waals surface area contributed by atoms with Crippen LogP contribution in [0.5, 0.6) is 0 Å². The normalized spacial score (nSPS) is 16.8. The topological polar surface area (TPSA) is 65.5 Å². The van der Waals surface area contributed by atoms with Gasteiger partial charge >= 0.3 is 0 Å². The number of carbonyl (C=O) groups is 2. The summed E-state index contributed by atoms with van der Waals surface area (Å²) in [4.78, 5) is 34.0. The van der Waals surface area contributed by atoms with Gasteiger partial charge in [-0.05, 0) is 23.3 Å². The fourth-order valence-corrected chi connectivity index (χ4v) is 4.21. The lowest BCUT2D eigenvalue weighted by Gasteiger charge is -2.44. The Balaban J connectivity index is 1.67. The third kappa shape index (κ3) is 4.49. The fourth-order valence-electron chi connectivity index (χ4n) is 4.21. The SMILES string of the molecule is CNC(=O)C1CN(C(=O)c2cccnc2)CCN1C(c1ccccc1)c1ccccc1. The maximum Gasteiger partial charge on any atom is 0.255 e. The van der Waals surface area contributed by atoms with Crippen LogP contribution in [0, 0.1) is 0 Å². The van der Waals surface area contributed by atoms with E-state index < -0.39 is 6.04 Å². The zero-order chi connectivity index (χ0) is 21.6. The highest BCUT2D eigenvalue weighted by Gasteiger charge is 2.38. The second kappa shape index (κ2) is 9.53. The summed E-state index contributed by atoms with van der Waals surface area (Å²) in [6, 6.07) is 23.4. The minimum Gasteiger partial charge on any atom is -0.358 e. The Labute approximate surface area is 182 Å². The number of hydrogen-bond acceptors (Lipinski definition) is 4. The molecular weight excluding hydrogens is 388 g/mol. The van der Waals surface area contributed by atoms with E-state index in [-0.39, 0.29) is 17.9 Å². The summed E-state index contributed by atoms with van der Waals surface area (Å²) in [5.41, 5.74) is 2.78. The number of benzene rings is 2. The third-order valence-electron chi connectivity index (χ3n) is 5.73. The van der Waals surface area contributed by atoms with E-state index >= 15 is 0 Å². The number of amides is 2. The molecule has 0 spiro atoms. The van der Waals surface area contributed by atoms with Gasteiger partial charge in [0.1, 0.15) is 6.04 Å². The van der Waals surface area contributed by atoms with E-state index in [9.17, 15) is 9.59 Å². The molecule has 1 aliphatic heterocycles. The molecule has 0 radical (unpaired) electrons. The molecule has 158 valence electrons. The molecule has 1 aliphatic rings. The summed E-state index contributed by atoms with van der Waals surface area (Å²) in [7, 11) is 1.64. The second-order valence-corrected chi connectivity index (χ2v) is 7.58. The first-order valence-corrected chi connectivity index (χ1v) is 10.5. The monoisotopic (exact) mass is 414 g/mol. The number of pyridine rings is 1. The van der Waals surface area contributed by atoms with Crippen molar-refractivity contribution in [2.75, 3.05) is 26.7 Å². The zero-order valence-corrected chi connectivity index (χ0v) is 17.5. The van der Waals surface area contributed by atoms with Gasteiger partial charge in [-0.2, -0.15) is 0 Å². The summed E-state index contributed by atoms with van der Waals surface area (Å²) < 4.78 is 0. The molecule has 0 aliphatic carbocycles. The van der Waals surface area contributed by atoms with E-state index in [2.05, 4.69) is 39.5 Å². The lowest BCUT2D eigenvalue weighted by atomic mass is 9.94. The van der Waals surface area contributed by atoms with Crippen LogP contribution in [0.15, 0.2) is 85.2 Å². The van der Waals surface area contributed by atoms with E-state index in [4.69, 9.17) is 0 Å². The van der Waals surface area contributed by atoms with E-state index in [0.717, 1.165) is 11.1 Å². The van der Waals surface area contributed by atoms with Crippen LogP contribution in [0.1, 0.15) is 27.5 Å². The molecular formula is C25H26N4O2. The molecule has 6 nitrogen and oxygen atoms in total. The van der Waals surface area contributed by atoms with Crippen molar-refractivity contribution >= 4 is 11.8 Å². The lowest BCUT2D eigenvalue weighted by molar-refractivity contribution is -0.128. The average molecular weight is 415 g/mol. The zero-order valence-electron chi connectivity index (χ0n) is 17.5. The Morgan fingerprint density at radius 1 is 0.935 bits per heavy atom. The summed E-state index contributed by atoms with van der Waals surface area (Å²) in [6.07, 6.45) is 3.21. The number of likely N-dealkylation sites (N-methyl/N-ethyl adjacent to an activating group) is 1. The number of carbonyl (C=O) groups excluding carboxylic acids is 2. The van der Waals surface area contributed by atoms with Gasteiger partial charge in [0.15, 0.2) is 0 Å². The van der Waals surface area contributed by atoms with Crippen LogP contribution in [0.2, 0.25) is 0 Å². The van der Waals surface area contributed by atoms with E-state index in [1.807, 2.05) is 36.4 Å².